The van der Waals surface area contributed by atoms with E-state index < -0.39 is 17.4 Å². The van der Waals surface area contributed by atoms with Crippen LogP contribution in [0.3, 0.4) is 0 Å². The van der Waals surface area contributed by atoms with Crippen molar-refractivity contribution >= 4 is 11.7 Å². The number of carbonyl (C=O) groups excluding carboxylic acids is 2. The highest BCUT2D eigenvalue weighted by Crippen LogP contribution is 2.15. The molecule has 1 saturated heterocycles. The smallest absolute Gasteiger partial charge is 0.223 e. The number of amides is 1. The molecule has 1 aromatic carbocycles. The monoisotopic (exact) mass is 267 g/mol. The maximum Gasteiger partial charge on any atom is 0.223 e. The highest BCUT2D eigenvalue weighted by molar-refractivity contribution is 5.98. The van der Waals surface area contributed by atoms with Gasteiger partial charge in [0.2, 0.25) is 5.91 Å². The zero-order valence-corrected chi connectivity index (χ0v) is 10.5. The Hall–Kier alpha value is -1.78. The van der Waals surface area contributed by atoms with Crippen molar-refractivity contribution in [3.8, 4) is 0 Å². The van der Waals surface area contributed by atoms with Gasteiger partial charge in [-0.15, -0.1) is 0 Å². The summed E-state index contributed by atoms with van der Waals surface area (Å²) in [6.45, 7) is 1.45. The van der Waals surface area contributed by atoms with Gasteiger partial charge in [0, 0.05) is 25.9 Å². The molecule has 2 rings (SSSR count). The van der Waals surface area contributed by atoms with Gasteiger partial charge in [-0.2, -0.15) is 0 Å². The number of benzene rings is 1. The van der Waals surface area contributed by atoms with Gasteiger partial charge in [-0.1, -0.05) is 0 Å². The Morgan fingerprint density at radius 3 is 2.47 bits per heavy atom. The van der Waals surface area contributed by atoms with E-state index in [1.54, 1.807) is 4.90 Å². The molecule has 0 saturated carbocycles. The predicted octanol–water partition coefficient (Wildman–Crippen LogP) is 2.55. The average molecular weight is 267 g/mol. The van der Waals surface area contributed by atoms with Crippen LogP contribution in [0.1, 0.15) is 36.0 Å². The maximum atomic E-state index is 13.4. The third-order valence-corrected chi connectivity index (χ3v) is 3.25. The van der Waals surface area contributed by atoms with Crippen molar-refractivity contribution in [1.82, 2.24) is 4.90 Å². The Balaban J connectivity index is 1.93. The van der Waals surface area contributed by atoms with E-state index in [0.717, 1.165) is 44.1 Å². The van der Waals surface area contributed by atoms with Gasteiger partial charge in [0.05, 0.1) is 5.56 Å². The molecule has 0 N–H and O–H groups in total. The van der Waals surface area contributed by atoms with Crippen molar-refractivity contribution in [3.63, 3.8) is 0 Å². The molecule has 0 aliphatic carbocycles. The van der Waals surface area contributed by atoms with Crippen LogP contribution in [0.25, 0.3) is 0 Å². The maximum absolute atomic E-state index is 13.4. The summed E-state index contributed by atoms with van der Waals surface area (Å²) in [6.07, 6.45) is 1.93. The average Bonchev–Trinajstić information content (AvgIpc) is 2.92. The molecule has 3 nitrogen and oxygen atoms in total. The van der Waals surface area contributed by atoms with Crippen molar-refractivity contribution < 1.29 is 18.4 Å². The molecule has 0 spiro atoms. The molecular weight excluding hydrogens is 252 g/mol. The third kappa shape index (κ3) is 3.36. The SMILES string of the molecule is O=C(CCC(=O)N1CCCC1)c1cc(F)ccc1F. The molecule has 0 atom stereocenters. The second-order valence-corrected chi connectivity index (χ2v) is 4.64. The number of hydrogen-bond donors (Lipinski definition) is 0. The fourth-order valence-electron chi connectivity index (χ4n) is 2.19. The third-order valence-electron chi connectivity index (χ3n) is 3.25. The molecule has 1 aromatic rings. The summed E-state index contributed by atoms with van der Waals surface area (Å²) in [5.41, 5.74) is -0.283. The van der Waals surface area contributed by atoms with Crippen LogP contribution in [0.4, 0.5) is 8.78 Å². The second-order valence-electron chi connectivity index (χ2n) is 4.64. The molecule has 1 aliphatic rings. The van der Waals surface area contributed by atoms with Crippen molar-refractivity contribution in [2.45, 2.75) is 25.7 Å². The van der Waals surface area contributed by atoms with Crippen molar-refractivity contribution in [2.24, 2.45) is 0 Å². The molecule has 5 heteroatoms. The van der Waals surface area contributed by atoms with E-state index >= 15 is 0 Å². The molecule has 0 aromatic heterocycles. The number of hydrogen-bond acceptors (Lipinski definition) is 2. The van der Waals surface area contributed by atoms with E-state index in [-0.39, 0.29) is 24.3 Å². The van der Waals surface area contributed by atoms with Gasteiger partial charge >= 0.3 is 0 Å². The Labute approximate surface area is 110 Å². The number of rotatable bonds is 4. The number of nitrogens with zero attached hydrogens (tertiary/aromatic N) is 1. The number of likely N-dealkylation sites (tertiary alicyclic amines) is 1. The van der Waals surface area contributed by atoms with Crippen molar-refractivity contribution in [1.29, 1.82) is 0 Å². The summed E-state index contributed by atoms with van der Waals surface area (Å²) < 4.78 is 26.3. The van der Waals surface area contributed by atoms with E-state index in [4.69, 9.17) is 0 Å². The number of ketones is 1. The van der Waals surface area contributed by atoms with Gasteiger partial charge in [-0.3, -0.25) is 9.59 Å². The molecule has 1 aliphatic heterocycles. The van der Waals surface area contributed by atoms with Crippen LogP contribution in [0.15, 0.2) is 18.2 Å². The van der Waals surface area contributed by atoms with Gasteiger partial charge in [-0.05, 0) is 31.0 Å². The van der Waals surface area contributed by atoms with E-state index in [0.29, 0.717) is 0 Å². The molecule has 1 fully saturated rings. The molecule has 0 unspecified atom stereocenters. The lowest BCUT2D eigenvalue weighted by molar-refractivity contribution is -0.130. The minimum Gasteiger partial charge on any atom is -0.343 e. The van der Waals surface area contributed by atoms with Gasteiger partial charge < -0.3 is 4.90 Å². The normalized spacial score (nSPS) is 14.7. The molecule has 102 valence electrons. The van der Waals surface area contributed by atoms with Crippen LogP contribution >= 0.6 is 0 Å². The lowest BCUT2D eigenvalue weighted by Gasteiger charge is -2.14. The lowest BCUT2D eigenvalue weighted by Crippen LogP contribution is -2.27. The first-order valence-corrected chi connectivity index (χ1v) is 6.34. The minimum atomic E-state index is -0.750. The van der Waals surface area contributed by atoms with E-state index in [1.807, 2.05) is 0 Å². The summed E-state index contributed by atoms with van der Waals surface area (Å²) in [7, 11) is 0. The fraction of sp³-hybridized carbons (Fsp3) is 0.429. The van der Waals surface area contributed by atoms with Crippen LogP contribution in [0.5, 0.6) is 0 Å². The van der Waals surface area contributed by atoms with E-state index in [2.05, 4.69) is 0 Å². The predicted molar refractivity (Wildman–Crippen MR) is 65.7 cm³/mol. The topological polar surface area (TPSA) is 37.4 Å². The standard InChI is InChI=1S/C14H15F2NO2/c15-10-3-4-12(16)11(9-10)13(18)5-6-14(19)17-7-1-2-8-17/h3-4,9H,1-2,5-8H2. The summed E-state index contributed by atoms with van der Waals surface area (Å²) in [5, 5.41) is 0. The van der Waals surface area contributed by atoms with Crippen molar-refractivity contribution in [2.75, 3.05) is 13.1 Å². The summed E-state index contributed by atoms with van der Waals surface area (Å²) in [5.74, 6) is -2.04. The Bertz CT molecular complexity index is 496. The van der Waals surface area contributed by atoms with Crippen molar-refractivity contribution in [3.05, 3.63) is 35.4 Å². The van der Waals surface area contributed by atoms with Gasteiger partial charge in [0.1, 0.15) is 11.6 Å². The summed E-state index contributed by atoms with van der Waals surface area (Å²) in [6, 6.07) is 2.75. The quantitative estimate of drug-likeness (QED) is 0.786. The molecule has 19 heavy (non-hydrogen) atoms. The van der Waals surface area contributed by atoms with E-state index in [9.17, 15) is 18.4 Å². The van der Waals surface area contributed by atoms with Gasteiger partial charge in [0.15, 0.2) is 5.78 Å². The van der Waals surface area contributed by atoms with Crippen LogP contribution in [-0.4, -0.2) is 29.7 Å². The molecule has 0 bridgehead atoms. The van der Waals surface area contributed by atoms with Crippen LogP contribution < -0.4 is 0 Å². The first-order chi connectivity index (χ1) is 9.08. The number of Topliss-reactive ketones (excluding diaryl/α,β-unsaturated/α-hetero) is 1. The first kappa shape index (κ1) is 13.6. The zero-order valence-electron chi connectivity index (χ0n) is 10.5. The highest BCUT2D eigenvalue weighted by atomic mass is 19.1. The largest absolute Gasteiger partial charge is 0.343 e. The number of carbonyl (C=O) groups is 2. The zero-order chi connectivity index (χ0) is 13.8. The summed E-state index contributed by atoms with van der Waals surface area (Å²) in [4.78, 5) is 25.2. The molecular formula is C14H15F2NO2. The summed E-state index contributed by atoms with van der Waals surface area (Å²) >= 11 is 0. The lowest BCUT2D eigenvalue weighted by atomic mass is 10.1. The molecule has 1 amide bonds. The molecule has 0 radical (unpaired) electrons. The van der Waals surface area contributed by atoms with Crippen LogP contribution in [-0.2, 0) is 4.79 Å². The molecule has 1 heterocycles. The second kappa shape index (κ2) is 5.91. The van der Waals surface area contributed by atoms with Gasteiger partial charge in [0.25, 0.3) is 0 Å². The Morgan fingerprint density at radius 1 is 1.11 bits per heavy atom. The fourth-order valence-corrected chi connectivity index (χ4v) is 2.19. The van der Waals surface area contributed by atoms with Gasteiger partial charge in [-0.25, -0.2) is 8.78 Å². The first-order valence-electron chi connectivity index (χ1n) is 6.34. The van der Waals surface area contributed by atoms with Crippen LogP contribution in [0.2, 0.25) is 0 Å². The van der Waals surface area contributed by atoms with E-state index in [1.165, 1.54) is 0 Å². The minimum absolute atomic E-state index is 0.0504. The van der Waals surface area contributed by atoms with Crippen LogP contribution in [0, 0.1) is 11.6 Å². The highest BCUT2D eigenvalue weighted by Gasteiger charge is 2.20. The number of halogens is 2. The Kier molecular flexibility index (Phi) is 4.24. The Morgan fingerprint density at radius 2 is 1.79 bits per heavy atom.